The van der Waals surface area contributed by atoms with Gasteiger partial charge in [-0.25, -0.2) is 0 Å². The van der Waals surface area contributed by atoms with Crippen molar-refractivity contribution in [2.75, 3.05) is 13.6 Å². The average Bonchev–Trinajstić information content (AvgIpc) is 1.97. The largest absolute Gasteiger partial charge is 0.351 e. The Kier molecular flexibility index (Phi) is 5.84. The second kappa shape index (κ2) is 5.92. The molecule has 0 aliphatic heterocycles. The minimum Gasteiger partial charge on any atom is -0.351 e. The number of carbonyl (C=O) groups excluding carboxylic acids is 1. The molecule has 1 atom stereocenters. The van der Waals surface area contributed by atoms with E-state index in [2.05, 4.69) is 31.4 Å². The van der Waals surface area contributed by atoms with Crippen LogP contribution in [0.2, 0.25) is 0 Å². The summed E-state index contributed by atoms with van der Waals surface area (Å²) in [6.45, 7) is 13.1. The molecular formula is C12H26N2OS. The van der Waals surface area contributed by atoms with Gasteiger partial charge in [0.1, 0.15) is 0 Å². The molecule has 0 bridgehead atoms. The summed E-state index contributed by atoms with van der Waals surface area (Å²) in [5.74, 6) is 0.113. The van der Waals surface area contributed by atoms with Gasteiger partial charge in [-0.15, -0.1) is 11.8 Å². The summed E-state index contributed by atoms with van der Waals surface area (Å²) in [5, 5.41) is 6.06. The molecule has 16 heavy (non-hydrogen) atoms. The molecule has 1 amide bonds. The number of rotatable bonds is 4. The molecule has 0 saturated heterocycles. The van der Waals surface area contributed by atoms with Crippen molar-refractivity contribution in [3.8, 4) is 0 Å². The van der Waals surface area contributed by atoms with Crippen LogP contribution in [0.5, 0.6) is 0 Å². The summed E-state index contributed by atoms with van der Waals surface area (Å²) in [5.41, 5.74) is -0.165. The SMILES string of the molecule is CNCC(SC(C)(C)C)C(=O)NC(C)(C)C. The highest BCUT2D eigenvalue weighted by Gasteiger charge is 2.27. The van der Waals surface area contributed by atoms with Gasteiger partial charge in [0.25, 0.3) is 0 Å². The normalized spacial score (nSPS) is 14.7. The Bertz CT molecular complexity index is 228. The zero-order valence-corrected chi connectivity index (χ0v) is 12.4. The lowest BCUT2D eigenvalue weighted by atomic mass is 10.1. The van der Waals surface area contributed by atoms with Crippen LogP contribution in [0.3, 0.4) is 0 Å². The van der Waals surface area contributed by atoms with Crippen LogP contribution in [-0.2, 0) is 4.79 Å². The smallest absolute Gasteiger partial charge is 0.234 e. The molecule has 4 heteroatoms. The number of nitrogens with one attached hydrogen (secondary N) is 2. The first-order valence-electron chi connectivity index (χ1n) is 5.69. The molecule has 0 saturated carbocycles. The van der Waals surface area contributed by atoms with E-state index in [1.165, 1.54) is 0 Å². The van der Waals surface area contributed by atoms with Gasteiger partial charge in [0.15, 0.2) is 0 Å². The lowest BCUT2D eigenvalue weighted by Gasteiger charge is -2.28. The third-order valence-electron chi connectivity index (χ3n) is 1.68. The summed E-state index contributed by atoms with van der Waals surface area (Å²) in [4.78, 5) is 12.1. The van der Waals surface area contributed by atoms with Crippen LogP contribution >= 0.6 is 11.8 Å². The van der Waals surface area contributed by atoms with Gasteiger partial charge in [0.2, 0.25) is 5.91 Å². The highest BCUT2D eigenvalue weighted by molar-refractivity contribution is 8.01. The second-order valence-electron chi connectivity index (χ2n) is 6.02. The van der Waals surface area contributed by atoms with E-state index < -0.39 is 0 Å². The summed E-state index contributed by atoms with van der Waals surface area (Å²) in [6.07, 6.45) is 0. The van der Waals surface area contributed by atoms with Gasteiger partial charge in [-0.3, -0.25) is 4.79 Å². The van der Waals surface area contributed by atoms with Crippen molar-refractivity contribution < 1.29 is 4.79 Å². The Morgan fingerprint density at radius 2 is 1.69 bits per heavy atom. The van der Waals surface area contributed by atoms with Crippen molar-refractivity contribution in [2.24, 2.45) is 0 Å². The lowest BCUT2D eigenvalue weighted by molar-refractivity contribution is -0.121. The van der Waals surface area contributed by atoms with Gasteiger partial charge >= 0.3 is 0 Å². The molecule has 0 rings (SSSR count). The van der Waals surface area contributed by atoms with Crippen molar-refractivity contribution >= 4 is 17.7 Å². The molecule has 2 N–H and O–H groups in total. The highest BCUT2D eigenvalue weighted by Crippen LogP contribution is 2.28. The van der Waals surface area contributed by atoms with Gasteiger partial charge in [0, 0.05) is 16.8 Å². The molecule has 3 nitrogen and oxygen atoms in total. The topological polar surface area (TPSA) is 41.1 Å². The summed E-state index contributed by atoms with van der Waals surface area (Å²) in [7, 11) is 1.88. The summed E-state index contributed by atoms with van der Waals surface area (Å²) < 4.78 is 0.0940. The van der Waals surface area contributed by atoms with E-state index in [1.54, 1.807) is 11.8 Å². The van der Waals surface area contributed by atoms with Crippen LogP contribution in [0.1, 0.15) is 41.5 Å². The van der Waals surface area contributed by atoms with E-state index in [-0.39, 0.29) is 21.4 Å². The van der Waals surface area contributed by atoms with E-state index in [1.807, 2.05) is 27.8 Å². The molecule has 0 heterocycles. The van der Waals surface area contributed by atoms with Crippen LogP contribution < -0.4 is 10.6 Å². The van der Waals surface area contributed by atoms with Crippen molar-refractivity contribution in [1.29, 1.82) is 0 Å². The molecule has 0 aliphatic carbocycles. The molecule has 0 aromatic heterocycles. The Morgan fingerprint density at radius 1 is 1.19 bits per heavy atom. The molecule has 0 radical (unpaired) electrons. The fourth-order valence-electron chi connectivity index (χ4n) is 1.25. The second-order valence-corrected chi connectivity index (χ2v) is 8.05. The number of carbonyl (C=O) groups is 1. The third-order valence-corrected chi connectivity index (χ3v) is 3.05. The first-order valence-corrected chi connectivity index (χ1v) is 6.57. The van der Waals surface area contributed by atoms with E-state index >= 15 is 0 Å². The Balaban J connectivity index is 4.47. The molecule has 0 spiro atoms. The van der Waals surface area contributed by atoms with Crippen molar-refractivity contribution in [3.05, 3.63) is 0 Å². The standard InChI is InChI=1S/C12H26N2OS/c1-11(2,3)14-10(15)9(8-13-7)16-12(4,5)6/h9,13H,8H2,1-7H3,(H,14,15). The first kappa shape index (κ1) is 15.8. The fraction of sp³-hybridized carbons (Fsp3) is 0.917. The van der Waals surface area contributed by atoms with Gasteiger partial charge in [0.05, 0.1) is 5.25 Å². The number of amides is 1. The van der Waals surface area contributed by atoms with Gasteiger partial charge in [-0.05, 0) is 27.8 Å². The maximum Gasteiger partial charge on any atom is 0.234 e. The maximum atomic E-state index is 12.1. The van der Waals surface area contributed by atoms with Gasteiger partial charge in [-0.2, -0.15) is 0 Å². The van der Waals surface area contributed by atoms with Crippen LogP contribution in [-0.4, -0.2) is 35.0 Å². The van der Waals surface area contributed by atoms with Crippen LogP contribution in [0.4, 0.5) is 0 Å². The Morgan fingerprint density at radius 3 is 2.00 bits per heavy atom. The predicted octanol–water partition coefficient (Wildman–Crippen LogP) is 2.02. The van der Waals surface area contributed by atoms with Crippen molar-refractivity contribution in [3.63, 3.8) is 0 Å². The minimum atomic E-state index is -0.165. The van der Waals surface area contributed by atoms with Crippen LogP contribution in [0.25, 0.3) is 0 Å². The van der Waals surface area contributed by atoms with Crippen molar-refractivity contribution in [2.45, 2.75) is 57.1 Å². The molecule has 0 aromatic carbocycles. The van der Waals surface area contributed by atoms with E-state index in [0.29, 0.717) is 6.54 Å². The first-order chi connectivity index (χ1) is 7.05. The Hall–Kier alpha value is -0.220. The van der Waals surface area contributed by atoms with Gasteiger partial charge < -0.3 is 10.6 Å². The molecular weight excluding hydrogens is 220 g/mol. The summed E-state index contributed by atoms with van der Waals surface area (Å²) >= 11 is 1.70. The monoisotopic (exact) mass is 246 g/mol. The lowest BCUT2D eigenvalue weighted by Crippen LogP contribution is -2.48. The Labute approximate surface area is 104 Å². The van der Waals surface area contributed by atoms with Crippen molar-refractivity contribution in [1.82, 2.24) is 10.6 Å². The zero-order valence-electron chi connectivity index (χ0n) is 11.6. The molecule has 96 valence electrons. The van der Waals surface area contributed by atoms with E-state index in [9.17, 15) is 4.79 Å². The number of hydrogen-bond acceptors (Lipinski definition) is 3. The van der Waals surface area contributed by atoms with Gasteiger partial charge in [-0.1, -0.05) is 20.8 Å². The van der Waals surface area contributed by atoms with Crippen LogP contribution in [0.15, 0.2) is 0 Å². The molecule has 0 aliphatic rings. The minimum absolute atomic E-state index is 0.0378. The quantitative estimate of drug-likeness (QED) is 0.797. The predicted molar refractivity (Wildman–Crippen MR) is 73.0 cm³/mol. The van der Waals surface area contributed by atoms with E-state index in [0.717, 1.165) is 0 Å². The third kappa shape index (κ3) is 7.99. The van der Waals surface area contributed by atoms with E-state index in [4.69, 9.17) is 0 Å². The van der Waals surface area contributed by atoms with Crippen LogP contribution in [0, 0.1) is 0 Å². The number of hydrogen-bond donors (Lipinski definition) is 2. The molecule has 0 fully saturated rings. The molecule has 1 unspecified atom stereocenters. The number of thioether (sulfide) groups is 1. The highest BCUT2D eigenvalue weighted by atomic mass is 32.2. The fourth-order valence-corrected chi connectivity index (χ4v) is 2.52. The molecule has 0 aromatic rings. The maximum absolute atomic E-state index is 12.1. The zero-order chi connectivity index (χ0) is 13.0. The average molecular weight is 246 g/mol. The summed E-state index contributed by atoms with van der Waals surface area (Å²) in [6, 6.07) is 0.